The van der Waals surface area contributed by atoms with E-state index in [0.717, 1.165) is 32.3 Å². The standard InChI is InChI=1S/C15H19ClFNO2/c1-18(8-2-4-12-5-3-9-20-12)15(19)13-10-11(17)6-7-14(13)16/h6-7,10,12H,2-5,8-9H2,1H3/t12-/m1/s1. The average molecular weight is 300 g/mol. The van der Waals surface area contributed by atoms with Crippen LogP contribution >= 0.6 is 11.6 Å². The van der Waals surface area contributed by atoms with Crippen LogP contribution in [0.1, 0.15) is 36.0 Å². The summed E-state index contributed by atoms with van der Waals surface area (Å²) in [6.45, 7) is 1.46. The second-order valence-electron chi connectivity index (χ2n) is 5.13. The van der Waals surface area contributed by atoms with Crippen molar-refractivity contribution in [2.24, 2.45) is 0 Å². The van der Waals surface area contributed by atoms with Gasteiger partial charge in [0.05, 0.1) is 16.7 Å². The number of amides is 1. The lowest BCUT2D eigenvalue weighted by Crippen LogP contribution is -2.28. The highest BCUT2D eigenvalue weighted by molar-refractivity contribution is 6.33. The third-order valence-electron chi connectivity index (χ3n) is 3.55. The molecule has 1 aromatic carbocycles. The summed E-state index contributed by atoms with van der Waals surface area (Å²) >= 11 is 5.94. The molecular weight excluding hydrogens is 281 g/mol. The van der Waals surface area contributed by atoms with Crippen LogP contribution in [0, 0.1) is 5.82 Å². The number of ether oxygens (including phenoxy) is 1. The highest BCUT2D eigenvalue weighted by atomic mass is 35.5. The minimum absolute atomic E-state index is 0.214. The quantitative estimate of drug-likeness (QED) is 0.832. The van der Waals surface area contributed by atoms with Crippen LogP contribution in [0.2, 0.25) is 5.02 Å². The van der Waals surface area contributed by atoms with Crippen LogP contribution in [-0.4, -0.2) is 37.1 Å². The van der Waals surface area contributed by atoms with Gasteiger partial charge in [-0.15, -0.1) is 0 Å². The molecule has 5 heteroatoms. The van der Waals surface area contributed by atoms with E-state index in [9.17, 15) is 9.18 Å². The van der Waals surface area contributed by atoms with Gasteiger partial charge >= 0.3 is 0 Å². The molecule has 1 heterocycles. The molecule has 1 amide bonds. The lowest BCUT2D eigenvalue weighted by Gasteiger charge is -2.19. The van der Waals surface area contributed by atoms with Gasteiger partial charge in [-0.2, -0.15) is 0 Å². The summed E-state index contributed by atoms with van der Waals surface area (Å²) in [5.41, 5.74) is 0.214. The van der Waals surface area contributed by atoms with Crippen molar-refractivity contribution in [3.8, 4) is 0 Å². The molecule has 1 saturated heterocycles. The fourth-order valence-electron chi connectivity index (χ4n) is 2.40. The first-order valence-electron chi connectivity index (χ1n) is 6.90. The molecule has 0 aliphatic carbocycles. The van der Waals surface area contributed by atoms with Crippen molar-refractivity contribution in [1.29, 1.82) is 0 Å². The molecule has 1 aliphatic rings. The number of hydrogen-bond acceptors (Lipinski definition) is 2. The molecule has 0 unspecified atom stereocenters. The molecule has 0 spiro atoms. The third kappa shape index (κ3) is 3.93. The van der Waals surface area contributed by atoms with E-state index in [0.29, 0.717) is 12.6 Å². The molecule has 3 nitrogen and oxygen atoms in total. The van der Waals surface area contributed by atoms with Gasteiger partial charge in [0.15, 0.2) is 0 Å². The van der Waals surface area contributed by atoms with Gasteiger partial charge in [-0.1, -0.05) is 11.6 Å². The largest absolute Gasteiger partial charge is 0.378 e. The van der Waals surface area contributed by atoms with E-state index < -0.39 is 5.82 Å². The Morgan fingerprint density at radius 1 is 1.55 bits per heavy atom. The van der Waals surface area contributed by atoms with Crippen molar-refractivity contribution in [2.75, 3.05) is 20.2 Å². The zero-order chi connectivity index (χ0) is 14.5. The number of nitrogens with zero attached hydrogens (tertiary/aromatic N) is 1. The fraction of sp³-hybridized carbons (Fsp3) is 0.533. The zero-order valence-electron chi connectivity index (χ0n) is 11.6. The van der Waals surface area contributed by atoms with Crippen molar-refractivity contribution in [1.82, 2.24) is 4.90 Å². The normalized spacial score (nSPS) is 18.2. The first-order chi connectivity index (χ1) is 9.58. The van der Waals surface area contributed by atoms with Crippen LogP contribution in [0.3, 0.4) is 0 Å². The Labute approximate surface area is 123 Å². The molecule has 110 valence electrons. The number of carbonyl (C=O) groups excluding carboxylic acids is 1. The van der Waals surface area contributed by atoms with Gasteiger partial charge in [-0.25, -0.2) is 4.39 Å². The highest BCUT2D eigenvalue weighted by Crippen LogP contribution is 2.20. The molecule has 1 aliphatic heterocycles. The number of carbonyl (C=O) groups is 1. The predicted molar refractivity (Wildman–Crippen MR) is 76.6 cm³/mol. The van der Waals surface area contributed by atoms with E-state index in [1.807, 2.05) is 0 Å². The summed E-state index contributed by atoms with van der Waals surface area (Å²) in [6, 6.07) is 3.84. The summed E-state index contributed by atoms with van der Waals surface area (Å²) in [5.74, 6) is -0.702. The molecule has 0 bridgehead atoms. The number of benzene rings is 1. The third-order valence-corrected chi connectivity index (χ3v) is 3.88. The maximum absolute atomic E-state index is 13.2. The lowest BCUT2D eigenvalue weighted by molar-refractivity contribution is 0.0763. The Morgan fingerprint density at radius 2 is 2.35 bits per heavy atom. The van der Waals surface area contributed by atoms with Gasteiger partial charge in [0.2, 0.25) is 0 Å². The molecule has 0 N–H and O–H groups in total. The summed E-state index contributed by atoms with van der Waals surface area (Å²) in [4.78, 5) is 13.8. The van der Waals surface area contributed by atoms with Crippen LogP contribution in [0.4, 0.5) is 4.39 Å². The van der Waals surface area contributed by atoms with E-state index in [1.54, 1.807) is 11.9 Å². The van der Waals surface area contributed by atoms with Crippen LogP contribution in [0.25, 0.3) is 0 Å². The molecule has 0 saturated carbocycles. The number of halogens is 2. The molecular formula is C15H19ClFNO2. The lowest BCUT2D eigenvalue weighted by atomic mass is 10.1. The number of hydrogen-bond donors (Lipinski definition) is 0. The maximum Gasteiger partial charge on any atom is 0.255 e. The Kier molecular flexibility index (Phi) is 5.38. The van der Waals surface area contributed by atoms with E-state index in [-0.39, 0.29) is 16.5 Å². The van der Waals surface area contributed by atoms with Crippen LogP contribution < -0.4 is 0 Å². The monoisotopic (exact) mass is 299 g/mol. The maximum atomic E-state index is 13.2. The van der Waals surface area contributed by atoms with Crippen LogP contribution in [0.15, 0.2) is 18.2 Å². The van der Waals surface area contributed by atoms with Gasteiger partial charge in [-0.3, -0.25) is 4.79 Å². The second-order valence-corrected chi connectivity index (χ2v) is 5.54. The van der Waals surface area contributed by atoms with E-state index in [4.69, 9.17) is 16.3 Å². The Balaban J connectivity index is 1.86. The average Bonchev–Trinajstić information content (AvgIpc) is 2.94. The minimum atomic E-state index is -0.453. The molecule has 1 fully saturated rings. The van der Waals surface area contributed by atoms with Gasteiger partial charge in [0, 0.05) is 20.2 Å². The highest BCUT2D eigenvalue weighted by Gasteiger charge is 2.18. The van der Waals surface area contributed by atoms with E-state index in [2.05, 4.69) is 0 Å². The molecule has 2 rings (SSSR count). The van der Waals surface area contributed by atoms with E-state index >= 15 is 0 Å². The van der Waals surface area contributed by atoms with Crippen molar-refractivity contribution >= 4 is 17.5 Å². The van der Waals surface area contributed by atoms with Crippen LogP contribution in [-0.2, 0) is 4.74 Å². The first kappa shape index (κ1) is 15.3. The summed E-state index contributed by atoms with van der Waals surface area (Å²) in [5, 5.41) is 0.280. The molecule has 1 aromatic rings. The topological polar surface area (TPSA) is 29.5 Å². The van der Waals surface area contributed by atoms with Gasteiger partial charge < -0.3 is 9.64 Å². The molecule has 0 aromatic heterocycles. The molecule has 0 radical (unpaired) electrons. The number of rotatable bonds is 5. The Hall–Kier alpha value is -1.13. The molecule has 1 atom stereocenters. The van der Waals surface area contributed by atoms with Gasteiger partial charge in [0.1, 0.15) is 5.82 Å². The first-order valence-corrected chi connectivity index (χ1v) is 7.28. The van der Waals surface area contributed by atoms with Gasteiger partial charge in [-0.05, 0) is 43.9 Å². The molecule has 20 heavy (non-hydrogen) atoms. The summed E-state index contributed by atoms with van der Waals surface area (Å²) in [6.07, 6.45) is 4.39. The van der Waals surface area contributed by atoms with Crippen molar-refractivity contribution in [2.45, 2.75) is 31.8 Å². The Morgan fingerprint density at radius 3 is 3.05 bits per heavy atom. The van der Waals surface area contributed by atoms with E-state index in [1.165, 1.54) is 18.2 Å². The zero-order valence-corrected chi connectivity index (χ0v) is 12.3. The van der Waals surface area contributed by atoms with Crippen molar-refractivity contribution in [3.05, 3.63) is 34.6 Å². The summed E-state index contributed by atoms with van der Waals surface area (Å²) < 4.78 is 18.7. The fourth-order valence-corrected chi connectivity index (χ4v) is 2.60. The van der Waals surface area contributed by atoms with Gasteiger partial charge in [0.25, 0.3) is 5.91 Å². The van der Waals surface area contributed by atoms with Crippen molar-refractivity contribution < 1.29 is 13.9 Å². The smallest absolute Gasteiger partial charge is 0.255 e. The SMILES string of the molecule is CN(CCC[C@@H]1CCCO1)C(=O)c1cc(F)ccc1Cl. The minimum Gasteiger partial charge on any atom is -0.378 e. The Bertz CT molecular complexity index is 475. The second kappa shape index (κ2) is 7.04. The van der Waals surface area contributed by atoms with Crippen molar-refractivity contribution in [3.63, 3.8) is 0 Å². The summed E-state index contributed by atoms with van der Waals surface area (Å²) in [7, 11) is 1.71. The predicted octanol–water partition coefficient (Wildman–Crippen LogP) is 3.51. The van der Waals surface area contributed by atoms with Crippen LogP contribution in [0.5, 0.6) is 0 Å².